The van der Waals surface area contributed by atoms with Gasteiger partial charge in [-0.25, -0.2) is 0 Å². The van der Waals surface area contributed by atoms with Crippen LogP contribution in [0.3, 0.4) is 0 Å². The summed E-state index contributed by atoms with van der Waals surface area (Å²) in [5.74, 6) is 2.01. The Morgan fingerprint density at radius 2 is 2.15 bits per heavy atom. The summed E-state index contributed by atoms with van der Waals surface area (Å²) in [7, 11) is 0. The molecule has 2 bridgehead atoms. The van der Waals surface area contributed by atoms with Crippen molar-refractivity contribution < 1.29 is 4.79 Å². The molecule has 2 saturated carbocycles. The van der Waals surface area contributed by atoms with Gasteiger partial charge in [-0.2, -0.15) is 0 Å². The number of benzene rings is 1. The van der Waals surface area contributed by atoms with Crippen molar-refractivity contribution in [2.45, 2.75) is 32.2 Å². The van der Waals surface area contributed by atoms with Crippen LogP contribution in [-0.2, 0) is 11.3 Å². The number of H-pyrrole nitrogens is 1. The minimum absolute atomic E-state index is 0.260. The second-order valence-electron chi connectivity index (χ2n) is 6.38. The van der Waals surface area contributed by atoms with Crippen LogP contribution in [0.15, 0.2) is 30.3 Å². The highest BCUT2D eigenvalue weighted by molar-refractivity contribution is 5.81. The predicted octanol–water partition coefficient (Wildman–Crippen LogP) is 3.22. The molecule has 2 aromatic rings. The largest absolute Gasteiger partial charge is 0.357 e. The van der Waals surface area contributed by atoms with Crippen molar-refractivity contribution in [3.8, 4) is 0 Å². The van der Waals surface area contributed by atoms with Gasteiger partial charge in [-0.1, -0.05) is 24.6 Å². The third-order valence-corrected chi connectivity index (χ3v) is 5.11. The van der Waals surface area contributed by atoms with Crippen molar-refractivity contribution in [1.29, 1.82) is 0 Å². The lowest BCUT2D eigenvalue weighted by Gasteiger charge is -2.20. The standard InChI is InChI=1S/C17H20N2O/c20-17(15-8-11-5-6-12(15)7-11)18-10-14-9-13-3-1-2-4-16(13)19-14/h1-4,9,11-12,15,19H,5-8,10H2,(H,18,20)/t11-,12-,15-/m0/s1. The van der Waals surface area contributed by atoms with Crippen LogP contribution < -0.4 is 5.32 Å². The lowest BCUT2D eigenvalue weighted by Crippen LogP contribution is -2.33. The first-order valence-electron chi connectivity index (χ1n) is 7.64. The van der Waals surface area contributed by atoms with Crippen LogP contribution in [0.5, 0.6) is 0 Å². The number of para-hydroxylation sites is 1. The second kappa shape index (κ2) is 4.65. The SMILES string of the molecule is O=C(NCc1cc2ccccc2[nH]1)[C@H]1C[C@H]2CC[C@H]1C2. The summed E-state index contributed by atoms with van der Waals surface area (Å²) in [6, 6.07) is 10.3. The molecule has 3 heteroatoms. The molecule has 0 radical (unpaired) electrons. The van der Waals surface area contributed by atoms with E-state index in [4.69, 9.17) is 0 Å². The Kier molecular flexibility index (Phi) is 2.79. The fourth-order valence-corrected chi connectivity index (χ4v) is 4.11. The number of rotatable bonds is 3. The average molecular weight is 268 g/mol. The van der Waals surface area contributed by atoms with E-state index in [9.17, 15) is 4.79 Å². The number of nitrogens with one attached hydrogen (secondary N) is 2. The van der Waals surface area contributed by atoms with Gasteiger partial charge >= 0.3 is 0 Å². The zero-order valence-corrected chi connectivity index (χ0v) is 11.6. The van der Waals surface area contributed by atoms with Crippen molar-refractivity contribution in [2.24, 2.45) is 17.8 Å². The zero-order chi connectivity index (χ0) is 13.5. The van der Waals surface area contributed by atoms with Gasteiger partial charge in [0.25, 0.3) is 0 Å². The molecule has 1 aromatic heterocycles. The van der Waals surface area contributed by atoms with E-state index >= 15 is 0 Å². The molecule has 1 amide bonds. The van der Waals surface area contributed by atoms with E-state index < -0.39 is 0 Å². The summed E-state index contributed by atoms with van der Waals surface area (Å²) in [6.45, 7) is 0.612. The van der Waals surface area contributed by atoms with E-state index in [0.29, 0.717) is 12.5 Å². The van der Waals surface area contributed by atoms with Gasteiger partial charge in [0.2, 0.25) is 5.91 Å². The van der Waals surface area contributed by atoms with Crippen LogP contribution in [0.1, 0.15) is 31.4 Å². The van der Waals surface area contributed by atoms with Crippen LogP contribution in [0, 0.1) is 17.8 Å². The molecule has 2 fully saturated rings. The number of hydrogen-bond donors (Lipinski definition) is 2. The molecule has 2 N–H and O–H groups in total. The first-order valence-corrected chi connectivity index (χ1v) is 7.64. The molecule has 3 atom stereocenters. The van der Waals surface area contributed by atoms with Gasteiger partial charge in [-0.15, -0.1) is 0 Å². The minimum Gasteiger partial charge on any atom is -0.357 e. The fraction of sp³-hybridized carbons (Fsp3) is 0.471. The van der Waals surface area contributed by atoms with Crippen molar-refractivity contribution in [2.75, 3.05) is 0 Å². The van der Waals surface area contributed by atoms with Gasteiger partial charge in [-0.05, 0) is 48.6 Å². The Balaban J connectivity index is 1.41. The van der Waals surface area contributed by atoms with E-state index in [2.05, 4.69) is 28.5 Å². The third-order valence-electron chi connectivity index (χ3n) is 5.11. The monoisotopic (exact) mass is 268 g/mol. The minimum atomic E-state index is 0.260. The predicted molar refractivity (Wildman–Crippen MR) is 79.1 cm³/mol. The van der Waals surface area contributed by atoms with E-state index in [0.717, 1.165) is 23.5 Å². The molecule has 2 aliphatic rings. The number of amides is 1. The molecule has 0 spiro atoms. The molecule has 3 nitrogen and oxygen atoms in total. The molecule has 1 heterocycles. The van der Waals surface area contributed by atoms with E-state index in [1.165, 1.54) is 24.6 Å². The van der Waals surface area contributed by atoms with Gasteiger partial charge in [0.05, 0.1) is 6.54 Å². The molecular weight excluding hydrogens is 248 g/mol. The van der Waals surface area contributed by atoms with Crippen molar-refractivity contribution in [3.63, 3.8) is 0 Å². The Morgan fingerprint density at radius 3 is 2.90 bits per heavy atom. The van der Waals surface area contributed by atoms with E-state index in [1.807, 2.05) is 12.1 Å². The van der Waals surface area contributed by atoms with Crippen molar-refractivity contribution in [3.05, 3.63) is 36.0 Å². The van der Waals surface area contributed by atoms with Crippen LogP contribution in [0.2, 0.25) is 0 Å². The van der Waals surface area contributed by atoms with Gasteiger partial charge in [0.1, 0.15) is 0 Å². The number of hydrogen-bond acceptors (Lipinski definition) is 1. The maximum Gasteiger partial charge on any atom is 0.223 e. The van der Waals surface area contributed by atoms with Crippen LogP contribution in [-0.4, -0.2) is 10.9 Å². The first kappa shape index (κ1) is 12.0. The highest BCUT2D eigenvalue weighted by Gasteiger charge is 2.42. The van der Waals surface area contributed by atoms with Gasteiger partial charge < -0.3 is 10.3 Å². The average Bonchev–Trinajstić information content (AvgIpc) is 3.18. The second-order valence-corrected chi connectivity index (χ2v) is 6.38. The first-order chi connectivity index (χ1) is 9.79. The van der Waals surface area contributed by atoms with Crippen LogP contribution in [0.4, 0.5) is 0 Å². The number of aromatic nitrogens is 1. The Labute approximate surface area is 118 Å². The smallest absolute Gasteiger partial charge is 0.223 e. The molecule has 20 heavy (non-hydrogen) atoms. The molecule has 0 unspecified atom stereocenters. The quantitative estimate of drug-likeness (QED) is 0.882. The summed E-state index contributed by atoms with van der Waals surface area (Å²) in [5.41, 5.74) is 2.22. The third kappa shape index (κ3) is 2.01. The number of carbonyl (C=O) groups is 1. The highest BCUT2D eigenvalue weighted by atomic mass is 16.1. The van der Waals surface area contributed by atoms with Gasteiger partial charge in [0, 0.05) is 17.1 Å². The normalized spacial score (nSPS) is 28.1. The molecule has 0 saturated heterocycles. The Morgan fingerprint density at radius 1 is 1.25 bits per heavy atom. The highest BCUT2D eigenvalue weighted by Crippen LogP contribution is 2.48. The maximum atomic E-state index is 12.3. The summed E-state index contributed by atoms with van der Waals surface area (Å²) in [5, 5.41) is 4.32. The topological polar surface area (TPSA) is 44.9 Å². The number of aromatic amines is 1. The van der Waals surface area contributed by atoms with Crippen molar-refractivity contribution >= 4 is 16.8 Å². The zero-order valence-electron chi connectivity index (χ0n) is 11.6. The fourth-order valence-electron chi connectivity index (χ4n) is 4.11. The molecule has 0 aliphatic heterocycles. The molecule has 104 valence electrons. The number of carbonyl (C=O) groups excluding carboxylic acids is 1. The summed E-state index contributed by atoms with van der Waals surface area (Å²) in [6.07, 6.45) is 5.00. The molecule has 4 rings (SSSR count). The molecular formula is C17H20N2O. The Hall–Kier alpha value is -1.77. The summed E-state index contributed by atoms with van der Waals surface area (Å²) >= 11 is 0. The van der Waals surface area contributed by atoms with E-state index in [-0.39, 0.29) is 11.8 Å². The van der Waals surface area contributed by atoms with Crippen LogP contribution >= 0.6 is 0 Å². The number of fused-ring (bicyclic) bond motifs is 3. The lowest BCUT2D eigenvalue weighted by atomic mass is 9.88. The van der Waals surface area contributed by atoms with Crippen LogP contribution in [0.25, 0.3) is 10.9 Å². The maximum absolute atomic E-state index is 12.3. The summed E-state index contributed by atoms with van der Waals surface area (Å²) in [4.78, 5) is 15.7. The van der Waals surface area contributed by atoms with Crippen molar-refractivity contribution in [1.82, 2.24) is 10.3 Å². The van der Waals surface area contributed by atoms with Gasteiger partial charge in [0.15, 0.2) is 0 Å². The molecule has 2 aliphatic carbocycles. The summed E-state index contributed by atoms with van der Waals surface area (Å²) < 4.78 is 0. The lowest BCUT2D eigenvalue weighted by molar-refractivity contribution is -0.126. The Bertz CT molecular complexity index is 612. The van der Waals surface area contributed by atoms with Gasteiger partial charge in [-0.3, -0.25) is 4.79 Å². The van der Waals surface area contributed by atoms with E-state index in [1.54, 1.807) is 0 Å². The molecule has 1 aromatic carbocycles.